The van der Waals surface area contributed by atoms with Crippen LogP contribution >= 0.6 is 0 Å². The van der Waals surface area contributed by atoms with E-state index < -0.39 is 6.04 Å². The molecule has 0 fully saturated rings. The average molecular weight is 257 g/mol. The van der Waals surface area contributed by atoms with Crippen LogP contribution in [0.3, 0.4) is 0 Å². The van der Waals surface area contributed by atoms with Crippen molar-refractivity contribution in [2.45, 2.75) is 31.9 Å². The molecule has 2 N–H and O–H groups in total. The number of hydrogen-bond donors (Lipinski definition) is 1. The van der Waals surface area contributed by atoms with E-state index in [4.69, 9.17) is 10.5 Å². The van der Waals surface area contributed by atoms with Gasteiger partial charge >= 0.3 is 5.97 Å². The second kappa shape index (κ2) is 6.90. The molecule has 0 aromatic heterocycles. The highest BCUT2D eigenvalue weighted by molar-refractivity contribution is 5.76. The highest BCUT2D eigenvalue weighted by atomic mass is 16.5. The number of nitrogens with two attached hydrogens (primary N) is 1. The largest absolute Gasteiger partial charge is 0.460 e. The third kappa shape index (κ3) is 4.38. The number of carbonyl (C=O) groups is 1. The quantitative estimate of drug-likeness (QED) is 0.825. The van der Waals surface area contributed by atoms with Crippen LogP contribution in [-0.4, -0.2) is 12.0 Å². The summed E-state index contributed by atoms with van der Waals surface area (Å²) in [5, 5.41) is 0. The Morgan fingerprint density at radius 1 is 1.26 bits per heavy atom. The van der Waals surface area contributed by atoms with Crippen molar-refractivity contribution in [3.63, 3.8) is 0 Å². The predicted octanol–water partition coefficient (Wildman–Crippen LogP) is 2.72. The van der Waals surface area contributed by atoms with Gasteiger partial charge in [0.1, 0.15) is 12.6 Å². The zero-order valence-corrected chi connectivity index (χ0v) is 10.9. The summed E-state index contributed by atoms with van der Waals surface area (Å²) in [6, 6.07) is 9.02. The first-order chi connectivity index (χ1) is 9.25. The first kappa shape index (κ1) is 13.6. The highest BCUT2D eigenvalue weighted by Crippen LogP contribution is 2.15. The number of esters is 1. The number of allylic oxidation sites excluding steroid dienone is 3. The standard InChI is InChI=1S/C16H19NO2/c17-15(11-13-7-3-1-4-8-13)16(18)19-12-14-9-5-2-6-10-14/h2-3,5-10,15H,1,4,11-12,17H2. The molecule has 1 aromatic rings. The fourth-order valence-electron chi connectivity index (χ4n) is 1.99. The van der Waals surface area contributed by atoms with E-state index in [-0.39, 0.29) is 12.6 Å². The molecule has 2 rings (SSSR count). The minimum Gasteiger partial charge on any atom is -0.460 e. The van der Waals surface area contributed by atoms with Gasteiger partial charge in [-0.05, 0) is 24.8 Å². The zero-order chi connectivity index (χ0) is 13.5. The van der Waals surface area contributed by atoms with Crippen molar-refractivity contribution in [2.24, 2.45) is 5.73 Å². The van der Waals surface area contributed by atoms with Gasteiger partial charge in [0.15, 0.2) is 0 Å². The normalized spacial score (nSPS) is 15.7. The maximum absolute atomic E-state index is 11.8. The molecule has 0 heterocycles. The van der Waals surface area contributed by atoms with Gasteiger partial charge in [0.05, 0.1) is 0 Å². The van der Waals surface area contributed by atoms with Gasteiger partial charge < -0.3 is 10.5 Å². The molecule has 1 aliphatic carbocycles. The van der Waals surface area contributed by atoms with Gasteiger partial charge in [-0.3, -0.25) is 4.79 Å². The van der Waals surface area contributed by atoms with Gasteiger partial charge in [0.2, 0.25) is 0 Å². The molecule has 19 heavy (non-hydrogen) atoms. The lowest BCUT2D eigenvalue weighted by Crippen LogP contribution is -2.32. The molecule has 0 saturated heterocycles. The lowest BCUT2D eigenvalue weighted by atomic mass is 10.0. The van der Waals surface area contributed by atoms with Crippen LogP contribution in [-0.2, 0) is 16.1 Å². The topological polar surface area (TPSA) is 52.3 Å². The highest BCUT2D eigenvalue weighted by Gasteiger charge is 2.16. The Hall–Kier alpha value is -1.87. The number of rotatable bonds is 5. The summed E-state index contributed by atoms with van der Waals surface area (Å²) in [4.78, 5) is 11.8. The summed E-state index contributed by atoms with van der Waals surface area (Å²) in [6.45, 7) is 0.280. The summed E-state index contributed by atoms with van der Waals surface area (Å²) >= 11 is 0. The first-order valence-corrected chi connectivity index (χ1v) is 6.57. The van der Waals surface area contributed by atoms with Crippen LogP contribution in [0.1, 0.15) is 24.8 Å². The van der Waals surface area contributed by atoms with Crippen LogP contribution in [0, 0.1) is 0 Å². The van der Waals surface area contributed by atoms with Crippen LogP contribution < -0.4 is 5.73 Å². The molecule has 0 saturated carbocycles. The smallest absolute Gasteiger partial charge is 0.323 e. The molecule has 100 valence electrons. The van der Waals surface area contributed by atoms with Gasteiger partial charge in [0, 0.05) is 0 Å². The van der Waals surface area contributed by atoms with E-state index in [0.717, 1.165) is 24.0 Å². The van der Waals surface area contributed by atoms with E-state index >= 15 is 0 Å². The van der Waals surface area contributed by atoms with E-state index in [9.17, 15) is 4.79 Å². The lowest BCUT2D eigenvalue weighted by molar-refractivity contribution is -0.146. The molecule has 0 amide bonds. The molecule has 1 aromatic carbocycles. The van der Waals surface area contributed by atoms with E-state index in [1.165, 1.54) is 0 Å². The van der Waals surface area contributed by atoms with E-state index in [0.29, 0.717) is 6.42 Å². The minimum absolute atomic E-state index is 0.280. The third-order valence-corrected chi connectivity index (χ3v) is 3.05. The van der Waals surface area contributed by atoms with Gasteiger partial charge in [-0.25, -0.2) is 0 Å². The number of benzene rings is 1. The van der Waals surface area contributed by atoms with Crippen molar-refractivity contribution < 1.29 is 9.53 Å². The van der Waals surface area contributed by atoms with Crippen LogP contribution in [0.4, 0.5) is 0 Å². The second-order valence-corrected chi connectivity index (χ2v) is 4.66. The number of ether oxygens (including phenoxy) is 1. The van der Waals surface area contributed by atoms with Crippen molar-refractivity contribution >= 4 is 5.97 Å². The van der Waals surface area contributed by atoms with E-state index in [1.54, 1.807) is 0 Å². The van der Waals surface area contributed by atoms with Gasteiger partial charge in [-0.15, -0.1) is 0 Å². The van der Waals surface area contributed by atoms with E-state index in [1.807, 2.05) is 36.4 Å². The van der Waals surface area contributed by atoms with Crippen LogP contribution in [0.5, 0.6) is 0 Å². The number of hydrogen-bond acceptors (Lipinski definition) is 3. The van der Waals surface area contributed by atoms with Gasteiger partial charge in [-0.1, -0.05) is 54.1 Å². The van der Waals surface area contributed by atoms with Crippen LogP contribution in [0.25, 0.3) is 0 Å². The summed E-state index contributed by atoms with van der Waals surface area (Å²) in [5.41, 5.74) is 7.96. The third-order valence-electron chi connectivity index (χ3n) is 3.05. The van der Waals surface area contributed by atoms with Crippen LogP contribution in [0.15, 0.2) is 54.1 Å². The molecule has 3 nitrogen and oxygen atoms in total. The average Bonchev–Trinajstić information content (AvgIpc) is 2.47. The molecule has 3 heteroatoms. The van der Waals surface area contributed by atoms with Crippen molar-refractivity contribution in [1.82, 2.24) is 0 Å². The van der Waals surface area contributed by atoms with Crippen molar-refractivity contribution in [2.75, 3.05) is 0 Å². The van der Waals surface area contributed by atoms with Gasteiger partial charge in [-0.2, -0.15) is 0 Å². The van der Waals surface area contributed by atoms with Crippen LogP contribution in [0.2, 0.25) is 0 Å². The zero-order valence-electron chi connectivity index (χ0n) is 10.9. The summed E-state index contributed by atoms with van der Waals surface area (Å²) in [6.07, 6.45) is 8.91. The maximum atomic E-state index is 11.8. The Bertz CT molecular complexity index is 477. The Kier molecular flexibility index (Phi) is 4.93. The molecular formula is C16H19NO2. The monoisotopic (exact) mass is 257 g/mol. The Balaban J connectivity index is 1.79. The Morgan fingerprint density at radius 3 is 2.74 bits per heavy atom. The Morgan fingerprint density at radius 2 is 2.05 bits per heavy atom. The molecule has 0 bridgehead atoms. The maximum Gasteiger partial charge on any atom is 0.323 e. The van der Waals surface area contributed by atoms with Crippen molar-refractivity contribution in [3.05, 3.63) is 59.7 Å². The summed E-state index contributed by atoms with van der Waals surface area (Å²) < 4.78 is 5.22. The van der Waals surface area contributed by atoms with Gasteiger partial charge in [0.25, 0.3) is 0 Å². The predicted molar refractivity (Wildman–Crippen MR) is 75.3 cm³/mol. The SMILES string of the molecule is NC(CC1=CCCC=C1)C(=O)OCc1ccccc1. The summed E-state index contributed by atoms with van der Waals surface area (Å²) in [7, 11) is 0. The fourth-order valence-corrected chi connectivity index (χ4v) is 1.99. The number of carbonyl (C=O) groups excluding carboxylic acids is 1. The first-order valence-electron chi connectivity index (χ1n) is 6.57. The van der Waals surface area contributed by atoms with Crippen molar-refractivity contribution in [1.29, 1.82) is 0 Å². The molecule has 0 aliphatic heterocycles. The molecule has 1 atom stereocenters. The van der Waals surface area contributed by atoms with E-state index in [2.05, 4.69) is 12.2 Å². The summed E-state index contributed by atoms with van der Waals surface area (Å²) in [5.74, 6) is -0.344. The second-order valence-electron chi connectivity index (χ2n) is 4.66. The molecule has 0 spiro atoms. The lowest BCUT2D eigenvalue weighted by Gasteiger charge is -2.13. The Labute approximate surface area is 113 Å². The molecule has 1 aliphatic rings. The minimum atomic E-state index is -0.585. The molecular weight excluding hydrogens is 238 g/mol. The molecule has 0 radical (unpaired) electrons. The van der Waals surface area contributed by atoms with Crippen molar-refractivity contribution in [3.8, 4) is 0 Å². The fraction of sp³-hybridized carbons (Fsp3) is 0.312. The molecule has 1 unspecified atom stereocenters.